The Balaban J connectivity index is 1.23. The molecule has 8 nitrogen and oxygen atoms in total. The Morgan fingerprint density at radius 2 is 1.75 bits per heavy atom. The van der Waals surface area contributed by atoms with Crippen LogP contribution in [0.3, 0.4) is 0 Å². The van der Waals surface area contributed by atoms with E-state index >= 15 is 0 Å². The lowest BCUT2D eigenvalue weighted by atomic mass is 10.2. The first-order valence-electron chi connectivity index (χ1n) is 11.8. The molecular formula is C28H23N5O3. The van der Waals surface area contributed by atoms with Crippen molar-refractivity contribution in [2.75, 3.05) is 31.1 Å². The highest BCUT2D eigenvalue weighted by atomic mass is 16.4. The molecule has 5 aromatic rings. The molecular weight excluding hydrogens is 454 g/mol. The molecule has 0 N–H and O–H groups in total. The molecule has 1 aliphatic heterocycles. The fourth-order valence-electron chi connectivity index (χ4n) is 4.70. The predicted octanol–water partition coefficient (Wildman–Crippen LogP) is 4.77. The molecule has 178 valence electrons. The number of nitriles is 1. The van der Waals surface area contributed by atoms with Crippen molar-refractivity contribution in [3.05, 3.63) is 96.0 Å². The van der Waals surface area contributed by atoms with Crippen molar-refractivity contribution >= 4 is 22.7 Å². The number of hydrogen-bond donors (Lipinski definition) is 0. The highest BCUT2D eigenvalue weighted by Crippen LogP contribution is 2.29. The maximum Gasteiger partial charge on any atom is 0.270 e. The molecule has 1 aliphatic rings. The van der Waals surface area contributed by atoms with Gasteiger partial charge in [0.25, 0.3) is 11.8 Å². The molecule has 4 heterocycles. The molecule has 0 spiro atoms. The van der Waals surface area contributed by atoms with Crippen LogP contribution in [0.2, 0.25) is 0 Å². The van der Waals surface area contributed by atoms with E-state index in [1.165, 1.54) is 6.26 Å². The highest BCUT2D eigenvalue weighted by Gasteiger charge is 2.29. The molecule has 0 aliphatic carbocycles. The van der Waals surface area contributed by atoms with E-state index < -0.39 is 0 Å². The number of amides is 1. The molecule has 0 radical (unpaired) electrons. The lowest BCUT2D eigenvalue weighted by molar-refractivity contribution is 0.0735. The third kappa shape index (κ3) is 3.91. The van der Waals surface area contributed by atoms with Crippen molar-refractivity contribution in [2.45, 2.75) is 6.54 Å². The summed E-state index contributed by atoms with van der Waals surface area (Å²) in [6.45, 7) is 2.70. The van der Waals surface area contributed by atoms with Gasteiger partial charge in [-0.1, -0.05) is 48.5 Å². The van der Waals surface area contributed by atoms with Gasteiger partial charge in [0.15, 0.2) is 5.76 Å². The van der Waals surface area contributed by atoms with Gasteiger partial charge in [-0.2, -0.15) is 10.2 Å². The number of fused-ring (bicyclic) bond motifs is 1. The lowest BCUT2D eigenvalue weighted by Gasteiger charge is -2.34. The largest absolute Gasteiger partial charge is 0.459 e. The first-order valence-corrected chi connectivity index (χ1v) is 11.8. The topological polar surface area (TPSA) is 91.4 Å². The van der Waals surface area contributed by atoms with Gasteiger partial charge in [0.2, 0.25) is 11.6 Å². The van der Waals surface area contributed by atoms with Gasteiger partial charge in [-0.05, 0) is 29.8 Å². The van der Waals surface area contributed by atoms with E-state index in [9.17, 15) is 10.1 Å². The van der Waals surface area contributed by atoms with Gasteiger partial charge in [-0.25, -0.2) is 0 Å². The first kappa shape index (κ1) is 21.7. The Labute approximate surface area is 207 Å². The minimum absolute atomic E-state index is 0.00358. The monoisotopic (exact) mass is 477 g/mol. The summed E-state index contributed by atoms with van der Waals surface area (Å²) >= 11 is 0. The van der Waals surface area contributed by atoms with E-state index in [1.807, 2.05) is 52.3 Å². The van der Waals surface area contributed by atoms with Gasteiger partial charge in [-0.15, -0.1) is 0 Å². The zero-order valence-electron chi connectivity index (χ0n) is 19.5. The average molecular weight is 478 g/mol. The second-order valence-electron chi connectivity index (χ2n) is 8.70. The minimum Gasteiger partial charge on any atom is -0.459 e. The molecule has 3 aromatic heterocycles. The standard InChI is InChI=1S/C28H23N5O3/c29-18-22-28(36-26(30-22)25-11-6-16-35-25)32-14-12-31(13-15-32)27(34)24-17-21-9-4-5-10-23(21)33(24)19-20-7-2-1-3-8-20/h1-11,16-17H,12-15,19H2. The van der Waals surface area contributed by atoms with Crippen LogP contribution in [0.1, 0.15) is 21.7 Å². The summed E-state index contributed by atoms with van der Waals surface area (Å²) in [4.78, 5) is 21.8. The summed E-state index contributed by atoms with van der Waals surface area (Å²) in [7, 11) is 0. The van der Waals surface area contributed by atoms with Crippen LogP contribution in [0.4, 0.5) is 5.88 Å². The van der Waals surface area contributed by atoms with E-state index in [0.717, 1.165) is 16.5 Å². The molecule has 1 fully saturated rings. The van der Waals surface area contributed by atoms with Crippen LogP contribution in [0.5, 0.6) is 0 Å². The van der Waals surface area contributed by atoms with Gasteiger partial charge in [0.1, 0.15) is 11.8 Å². The third-order valence-corrected chi connectivity index (χ3v) is 6.51. The van der Waals surface area contributed by atoms with E-state index in [-0.39, 0.29) is 17.5 Å². The quantitative estimate of drug-likeness (QED) is 0.362. The van der Waals surface area contributed by atoms with Crippen LogP contribution in [0.25, 0.3) is 22.6 Å². The number of rotatable bonds is 5. The Morgan fingerprint density at radius 1 is 0.972 bits per heavy atom. The number of carbonyl (C=O) groups is 1. The molecule has 1 saturated heterocycles. The SMILES string of the molecule is N#Cc1nc(-c2ccco2)oc1N1CCN(C(=O)c2cc3ccccc3n2Cc2ccccc2)CC1. The number of piperazine rings is 1. The maximum atomic E-state index is 13.7. The summed E-state index contributed by atoms with van der Waals surface area (Å²) in [5.74, 6) is 1.15. The minimum atomic E-state index is -0.00358. The second kappa shape index (κ2) is 9.12. The Bertz CT molecular complexity index is 1550. The molecule has 0 saturated carbocycles. The first-order chi connectivity index (χ1) is 17.7. The fraction of sp³-hybridized carbons (Fsp3) is 0.179. The zero-order valence-corrected chi connectivity index (χ0v) is 19.5. The predicted molar refractivity (Wildman–Crippen MR) is 135 cm³/mol. The Morgan fingerprint density at radius 3 is 2.50 bits per heavy atom. The van der Waals surface area contributed by atoms with E-state index in [0.29, 0.717) is 50.1 Å². The van der Waals surface area contributed by atoms with Crippen LogP contribution in [0, 0.1) is 11.3 Å². The van der Waals surface area contributed by atoms with Gasteiger partial charge in [0.05, 0.1) is 6.26 Å². The summed E-state index contributed by atoms with van der Waals surface area (Å²) in [6.07, 6.45) is 1.53. The lowest BCUT2D eigenvalue weighted by Crippen LogP contribution is -2.49. The molecule has 1 amide bonds. The van der Waals surface area contributed by atoms with Crippen molar-refractivity contribution in [3.63, 3.8) is 0 Å². The summed E-state index contributed by atoms with van der Waals surface area (Å²) < 4.78 is 13.3. The molecule has 8 heteroatoms. The van der Waals surface area contributed by atoms with Crippen LogP contribution in [-0.2, 0) is 6.54 Å². The van der Waals surface area contributed by atoms with Crippen LogP contribution < -0.4 is 4.90 Å². The van der Waals surface area contributed by atoms with Crippen molar-refractivity contribution in [3.8, 4) is 17.7 Å². The van der Waals surface area contributed by atoms with Crippen molar-refractivity contribution < 1.29 is 13.6 Å². The Hall–Kier alpha value is -4.77. The zero-order chi connectivity index (χ0) is 24.5. The molecule has 0 bridgehead atoms. The molecule has 2 aromatic carbocycles. The second-order valence-corrected chi connectivity index (χ2v) is 8.70. The number of para-hydroxylation sites is 1. The number of anilines is 1. The van der Waals surface area contributed by atoms with Crippen molar-refractivity contribution in [1.29, 1.82) is 5.26 Å². The normalized spacial score (nSPS) is 13.8. The number of oxazole rings is 1. The smallest absolute Gasteiger partial charge is 0.270 e. The van der Waals surface area contributed by atoms with E-state index in [1.54, 1.807) is 12.1 Å². The third-order valence-electron chi connectivity index (χ3n) is 6.51. The molecule has 0 atom stereocenters. The average Bonchev–Trinajstić information content (AvgIpc) is 3.68. The molecule has 0 unspecified atom stereocenters. The number of nitrogens with zero attached hydrogens (tertiary/aromatic N) is 5. The number of hydrogen-bond acceptors (Lipinski definition) is 6. The fourth-order valence-corrected chi connectivity index (χ4v) is 4.70. The summed E-state index contributed by atoms with van der Waals surface area (Å²) in [5.41, 5.74) is 3.06. The van der Waals surface area contributed by atoms with Gasteiger partial charge >= 0.3 is 0 Å². The maximum absolute atomic E-state index is 13.7. The van der Waals surface area contributed by atoms with Crippen LogP contribution in [-0.4, -0.2) is 46.5 Å². The molecule has 6 rings (SSSR count). The van der Waals surface area contributed by atoms with Crippen molar-refractivity contribution in [2.24, 2.45) is 0 Å². The Kier molecular flexibility index (Phi) is 5.51. The van der Waals surface area contributed by atoms with Gasteiger partial charge in [-0.3, -0.25) is 4.79 Å². The van der Waals surface area contributed by atoms with Crippen LogP contribution >= 0.6 is 0 Å². The number of furan rings is 1. The van der Waals surface area contributed by atoms with Crippen molar-refractivity contribution in [1.82, 2.24) is 14.5 Å². The van der Waals surface area contributed by atoms with Gasteiger partial charge in [0, 0.05) is 43.6 Å². The number of benzene rings is 2. The van der Waals surface area contributed by atoms with E-state index in [2.05, 4.69) is 33.8 Å². The molecule has 36 heavy (non-hydrogen) atoms. The number of aromatic nitrogens is 2. The van der Waals surface area contributed by atoms with E-state index in [4.69, 9.17) is 8.83 Å². The van der Waals surface area contributed by atoms with Crippen LogP contribution in [0.15, 0.2) is 87.9 Å². The van der Waals surface area contributed by atoms with Gasteiger partial charge < -0.3 is 23.2 Å². The summed E-state index contributed by atoms with van der Waals surface area (Å²) in [5, 5.41) is 10.6. The number of carbonyl (C=O) groups excluding carboxylic acids is 1. The summed E-state index contributed by atoms with van der Waals surface area (Å²) in [6, 6.07) is 25.8. The highest BCUT2D eigenvalue weighted by molar-refractivity contribution is 5.99.